The molecular weight excluding hydrogens is 317 g/mol. The lowest BCUT2D eigenvalue weighted by Crippen LogP contribution is -2.29. The molecule has 126 valence electrons. The summed E-state index contributed by atoms with van der Waals surface area (Å²) in [6.07, 6.45) is -4.43. The summed E-state index contributed by atoms with van der Waals surface area (Å²) < 4.78 is 38.4. The van der Waals surface area contributed by atoms with E-state index in [1.54, 1.807) is 0 Å². The minimum atomic E-state index is -4.33. The number of nitro groups is 1. The topological polar surface area (TPSA) is 102 Å². The fraction of sp³-hybridized carbons (Fsp3) is 0.462. The van der Waals surface area contributed by atoms with Gasteiger partial charge in [-0.15, -0.1) is 0 Å². The normalized spacial score (nSPS) is 18.1. The lowest BCUT2D eigenvalue weighted by molar-refractivity contribution is -0.383. The number of nitrogens with zero attached hydrogens (tertiary/aromatic N) is 2. The van der Waals surface area contributed by atoms with Crippen molar-refractivity contribution in [1.82, 2.24) is 0 Å². The van der Waals surface area contributed by atoms with Crippen molar-refractivity contribution in [3.63, 3.8) is 0 Å². The number of alkyl halides is 3. The molecule has 1 saturated heterocycles. The maximum Gasteiger partial charge on any atom is 0.393 e. The summed E-state index contributed by atoms with van der Waals surface area (Å²) in [5, 5.41) is 13.6. The Morgan fingerprint density at radius 1 is 1.48 bits per heavy atom. The molecule has 2 rings (SSSR count). The number of nitro benzene ring substituents is 1. The van der Waals surface area contributed by atoms with Crippen LogP contribution in [0, 0.1) is 16.0 Å². The molecule has 1 aromatic rings. The number of anilines is 2. The maximum absolute atomic E-state index is 12.8. The third kappa shape index (κ3) is 3.30. The summed E-state index contributed by atoms with van der Waals surface area (Å²) in [5.41, 5.74) is 4.97. The minimum Gasteiger partial charge on any atom is -0.383 e. The number of primary amides is 1. The van der Waals surface area contributed by atoms with Gasteiger partial charge in [-0.1, -0.05) is 0 Å². The fourth-order valence-corrected chi connectivity index (χ4v) is 2.63. The highest BCUT2D eigenvalue weighted by Gasteiger charge is 2.44. The van der Waals surface area contributed by atoms with Gasteiger partial charge in [0.1, 0.15) is 5.69 Å². The van der Waals surface area contributed by atoms with Crippen LogP contribution in [0.3, 0.4) is 0 Å². The second-order valence-electron chi connectivity index (χ2n) is 5.23. The number of carbonyl (C=O) groups is 1. The van der Waals surface area contributed by atoms with Gasteiger partial charge in [-0.25, -0.2) is 0 Å². The van der Waals surface area contributed by atoms with Gasteiger partial charge in [-0.05, 0) is 12.5 Å². The number of benzene rings is 1. The van der Waals surface area contributed by atoms with Crippen LogP contribution in [-0.2, 0) is 0 Å². The quantitative estimate of drug-likeness (QED) is 0.649. The number of hydrogen-bond acceptors (Lipinski definition) is 5. The van der Waals surface area contributed by atoms with Crippen molar-refractivity contribution < 1.29 is 22.9 Å². The Kier molecular flexibility index (Phi) is 4.35. The Labute approximate surface area is 129 Å². The fourth-order valence-electron chi connectivity index (χ4n) is 2.63. The maximum atomic E-state index is 12.8. The molecule has 0 aliphatic carbocycles. The summed E-state index contributed by atoms with van der Waals surface area (Å²) in [7, 11) is 1.44. The van der Waals surface area contributed by atoms with Crippen molar-refractivity contribution >= 4 is 23.0 Å². The zero-order valence-electron chi connectivity index (χ0n) is 12.2. The van der Waals surface area contributed by atoms with Crippen LogP contribution in [0.2, 0.25) is 0 Å². The Bertz CT molecular complexity index is 648. The lowest BCUT2D eigenvalue weighted by Gasteiger charge is -2.22. The molecule has 1 amide bonds. The Hall–Kier alpha value is -2.52. The smallest absolute Gasteiger partial charge is 0.383 e. The monoisotopic (exact) mass is 332 g/mol. The highest BCUT2D eigenvalue weighted by atomic mass is 19.4. The van der Waals surface area contributed by atoms with Gasteiger partial charge in [0.05, 0.1) is 22.1 Å². The molecule has 1 fully saturated rings. The van der Waals surface area contributed by atoms with E-state index < -0.39 is 22.9 Å². The minimum absolute atomic E-state index is 0.0887. The summed E-state index contributed by atoms with van der Waals surface area (Å²) in [6.45, 7) is -0.226. The molecule has 0 saturated carbocycles. The van der Waals surface area contributed by atoms with Gasteiger partial charge < -0.3 is 16.0 Å². The van der Waals surface area contributed by atoms with Crippen molar-refractivity contribution in [2.24, 2.45) is 11.7 Å². The van der Waals surface area contributed by atoms with E-state index in [2.05, 4.69) is 5.32 Å². The SMILES string of the molecule is CNc1cc(N2CCC(C(F)(F)F)C2)c(C(N)=O)cc1[N+](=O)[O-]. The van der Waals surface area contributed by atoms with Crippen molar-refractivity contribution in [3.05, 3.63) is 27.8 Å². The summed E-state index contributed by atoms with van der Waals surface area (Å²) in [4.78, 5) is 23.3. The van der Waals surface area contributed by atoms with Crippen LogP contribution < -0.4 is 16.0 Å². The number of amides is 1. The van der Waals surface area contributed by atoms with Crippen molar-refractivity contribution in [3.8, 4) is 0 Å². The molecule has 23 heavy (non-hydrogen) atoms. The number of hydrogen-bond donors (Lipinski definition) is 2. The lowest BCUT2D eigenvalue weighted by atomic mass is 10.1. The predicted molar refractivity (Wildman–Crippen MR) is 77.5 cm³/mol. The first-order valence-corrected chi connectivity index (χ1v) is 6.76. The molecule has 7 nitrogen and oxygen atoms in total. The number of nitrogens with one attached hydrogen (secondary N) is 1. The van der Waals surface area contributed by atoms with Crippen LogP contribution in [0.15, 0.2) is 12.1 Å². The number of rotatable bonds is 4. The first-order valence-electron chi connectivity index (χ1n) is 6.76. The van der Waals surface area contributed by atoms with E-state index in [0.717, 1.165) is 6.07 Å². The van der Waals surface area contributed by atoms with E-state index >= 15 is 0 Å². The first kappa shape index (κ1) is 16.8. The third-order valence-corrected chi connectivity index (χ3v) is 3.84. The number of halogens is 3. The summed E-state index contributed by atoms with van der Waals surface area (Å²) >= 11 is 0. The van der Waals surface area contributed by atoms with Crippen LogP contribution in [0.4, 0.5) is 30.2 Å². The molecular formula is C13H15F3N4O3. The second-order valence-corrected chi connectivity index (χ2v) is 5.23. The average Bonchev–Trinajstić information content (AvgIpc) is 2.95. The van der Waals surface area contributed by atoms with Crippen molar-refractivity contribution in [2.75, 3.05) is 30.4 Å². The van der Waals surface area contributed by atoms with E-state index in [1.165, 1.54) is 18.0 Å². The summed E-state index contributed by atoms with van der Waals surface area (Å²) in [5.74, 6) is -2.43. The van der Waals surface area contributed by atoms with E-state index in [-0.39, 0.29) is 42.1 Å². The van der Waals surface area contributed by atoms with E-state index in [0.29, 0.717) is 0 Å². The number of carbonyl (C=O) groups excluding carboxylic acids is 1. The molecule has 3 N–H and O–H groups in total. The van der Waals surface area contributed by atoms with E-state index in [9.17, 15) is 28.1 Å². The Morgan fingerprint density at radius 3 is 2.57 bits per heavy atom. The zero-order valence-corrected chi connectivity index (χ0v) is 12.2. The Morgan fingerprint density at radius 2 is 2.13 bits per heavy atom. The molecule has 10 heteroatoms. The van der Waals surface area contributed by atoms with Crippen molar-refractivity contribution in [1.29, 1.82) is 0 Å². The second kappa shape index (κ2) is 5.94. The van der Waals surface area contributed by atoms with Gasteiger partial charge in [0.2, 0.25) is 0 Å². The van der Waals surface area contributed by atoms with Crippen LogP contribution >= 0.6 is 0 Å². The van der Waals surface area contributed by atoms with Gasteiger partial charge in [-0.3, -0.25) is 14.9 Å². The average molecular weight is 332 g/mol. The van der Waals surface area contributed by atoms with Crippen LogP contribution in [0.1, 0.15) is 16.8 Å². The number of nitrogens with two attached hydrogens (primary N) is 1. The van der Waals surface area contributed by atoms with Crippen LogP contribution in [-0.4, -0.2) is 37.1 Å². The molecule has 0 radical (unpaired) electrons. The summed E-state index contributed by atoms with van der Waals surface area (Å²) in [6, 6.07) is 2.28. The van der Waals surface area contributed by atoms with Crippen LogP contribution in [0.25, 0.3) is 0 Å². The Balaban J connectivity index is 2.46. The van der Waals surface area contributed by atoms with Gasteiger partial charge in [-0.2, -0.15) is 13.2 Å². The highest BCUT2D eigenvalue weighted by Crippen LogP contribution is 2.39. The standard InChI is InChI=1S/C13H15F3N4O3/c1-18-9-5-10(8(12(17)21)4-11(9)20(22)23)19-3-2-7(6-19)13(14,15)16/h4-5,7,18H,2-3,6H2,1H3,(H2,17,21). The molecule has 1 heterocycles. The molecule has 0 aromatic heterocycles. The highest BCUT2D eigenvalue weighted by molar-refractivity contribution is 6.01. The van der Waals surface area contributed by atoms with Gasteiger partial charge in [0.25, 0.3) is 11.6 Å². The third-order valence-electron chi connectivity index (χ3n) is 3.84. The molecule has 1 aliphatic rings. The van der Waals surface area contributed by atoms with Gasteiger partial charge in [0, 0.05) is 26.2 Å². The first-order chi connectivity index (χ1) is 10.6. The molecule has 1 aromatic carbocycles. The molecule has 1 atom stereocenters. The molecule has 1 unspecified atom stereocenters. The van der Waals surface area contributed by atoms with E-state index in [4.69, 9.17) is 5.73 Å². The predicted octanol–water partition coefficient (Wildman–Crippen LogP) is 2.12. The van der Waals surface area contributed by atoms with Gasteiger partial charge >= 0.3 is 6.18 Å². The molecule has 1 aliphatic heterocycles. The molecule has 0 bridgehead atoms. The largest absolute Gasteiger partial charge is 0.393 e. The zero-order chi connectivity index (χ0) is 17.4. The van der Waals surface area contributed by atoms with Gasteiger partial charge in [0.15, 0.2) is 0 Å². The van der Waals surface area contributed by atoms with E-state index in [1.807, 2.05) is 0 Å². The van der Waals surface area contributed by atoms with Crippen molar-refractivity contribution in [2.45, 2.75) is 12.6 Å². The van der Waals surface area contributed by atoms with Crippen LogP contribution in [0.5, 0.6) is 0 Å². The molecule has 0 spiro atoms.